The lowest BCUT2D eigenvalue weighted by molar-refractivity contribution is -0.174. The maximum absolute atomic E-state index is 11.9. The molecule has 0 saturated heterocycles. The van der Waals surface area contributed by atoms with Gasteiger partial charge in [-0.25, -0.2) is 0 Å². The number of hydrogen-bond acceptors (Lipinski definition) is 3. The van der Waals surface area contributed by atoms with Crippen molar-refractivity contribution in [1.29, 1.82) is 0 Å². The largest absolute Gasteiger partial charge is 0.471 e. The van der Waals surface area contributed by atoms with Crippen molar-refractivity contribution >= 4 is 23.3 Å². The van der Waals surface area contributed by atoms with Crippen molar-refractivity contribution in [3.05, 3.63) is 0 Å². The van der Waals surface area contributed by atoms with Crippen LogP contribution in [-0.2, 0) is 14.3 Å². The van der Waals surface area contributed by atoms with E-state index in [1.165, 1.54) is 7.11 Å². The Labute approximate surface area is 95.1 Å². The van der Waals surface area contributed by atoms with Gasteiger partial charge >= 0.3 is 12.1 Å². The Morgan fingerprint density at radius 1 is 1.44 bits per heavy atom. The minimum absolute atomic E-state index is 0.0471. The number of amides is 1. The van der Waals surface area contributed by atoms with Gasteiger partial charge in [0.2, 0.25) is 0 Å². The summed E-state index contributed by atoms with van der Waals surface area (Å²) in [4.78, 5) is 21.7. The Hall–Kier alpha value is -0.820. The van der Waals surface area contributed by atoms with Gasteiger partial charge in [-0.05, 0) is 6.42 Å². The average Bonchev–Trinajstić information content (AvgIpc) is 2.21. The van der Waals surface area contributed by atoms with Gasteiger partial charge in [0.1, 0.15) is 0 Å². The Bertz CT molecular complexity index is 257. The minimum Gasteiger partial charge on any atom is -0.385 e. The first kappa shape index (κ1) is 15.2. The molecule has 1 N–H and O–H groups in total. The van der Waals surface area contributed by atoms with Crippen LogP contribution < -0.4 is 5.32 Å². The Kier molecular flexibility index (Phi) is 6.35. The van der Waals surface area contributed by atoms with E-state index < -0.39 is 29.8 Å². The molecule has 0 aromatic carbocycles. The molecule has 0 aromatic heterocycles. The molecule has 0 fully saturated rings. The molecule has 0 aliphatic rings. The highest BCUT2D eigenvalue weighted by molar-refractivity contribution is 6.28. The molecule has 0 spiro atoms. The van der Waals surface area contributed by atoms with Crippen LogP contribution in [0.15, 0.2) is 0 Å². The molecule has 1 amide bonds. The second kappa shape index (κ2) is 6.70. The lowest BCUT2D eigenvalue weighted by Crippen LogP contribution is -2.47. The third kappa shape index (κ3) is 5.32. The van der Waals surface area contributed by atoms with Crippen molar-refractivity contribution in [1.82, 2.24) is 5.32 Å². The predicted molar refractivity (Wildman–Crippen MR) is 50.2 cm³/mol. The van der Waals surface area contributed by atoms with Crippen molar-refractivity contribution in [3.8, 4) is 0 Å². The summed E-state index contributed by atoms with van der Waals surface area (Å²) >= 11 is 5.20. The first-order valence-corrected chi connectivity index (χ1v) is 4.81. The zero-order chi connectivity index (χ0) is 12.8. The molecule has 0 saturated carbocycles. The summed E-state index contributed by atoms with van der Waals surface area (Å²) in [6.07, 6.45) is -5.07. The fraction of sp³-hybridized carbons (Fsp3) is 0.750. The van der Waals surface area contributed by atoms with Gasteiger partial charge in [-0.1, -0.05) is 0 Å². The predicted octanol–water partition coefficient (Wildman–Crippen LogP) is 0.878. The zero-order valence-corrected chi connectivity index (χ0v) is 9.19. The third-order valence-corrected chi connectivity index (χ3v) is 1.96. The highest BCUT2D eigenvalue weighted by Crippen LogP contribution is 2.15. The van der Waals surface area contributed by atoms with Crippen molar-refractivity contribution in [3.63, 3.8) is 0 Å². The quantitative estimate of drug-likeness (QED) is 0.722. The lowest BCUT2D eigenvalue weighted by atomic mass is 10.1. The fourth-order valence-corrected chi connectivity index (χ4v) is 1.07. The lowest BCUT2D eigenvalue weighted by Gasteiger charge is -2.17. The van der Waals surface area contributed by atoms with Crippen molar-refractivity contribution in [2.24, 2.45) is 0 Å². The zero-order valence-electron chi connectivity index (χ0n) is 8.44. The van der Waals surface area contributed by atoms with Crippen LogP contribution in [0.5, 0.6) is 0 Å². The molecule has 0 radical (unpaired) electrons. The van der Waals surface area contributed by atoms with Crippen LogP contribution >= 0.6 is 11.6 Å². The van der Waals surface area contributed by atoms with Crippen LogP contribution in [0.2, 0.25) is 0 Å². The van der Waals surface area contributed by atoms with E-state index in [9.17, 15) is 22.8 Å². The van der Waals surface area contributed by atoms with Crippen molar-refractivity contribution in [2.45, 2.75) is 18.6 Å². The molecule has 8 heteroatoms. The summed E-state index contributed by atoms with van der Waals surface area (Å²) in [6, 6.07) is -1.27. The van der Waals surface area contributed by atoms with Gasteiger partial charge in [0.15, 0.2) is 5.78 Å². The topological polar surface area (TPSA) is 55.4 Å². The second-order valence-electron chi connectivity index (χ2n) is 2.91. The molecule has 1 unspecified atom stereocenters. The first-order valence-electron chi connectivity index (χ1n) is 4.28. The number of halogens is 4. The molecule has 0 rings (SSSR count). The molecular weight excluding hydrogens is 251 g/mol. The number of carbonyl (C=O) groups is 2. The van der Waals surface area contributed by atoms with Gasteiger partial charge in [-0.2, -0.15) is 13.2 Å². The number of carbonyl (C=O) groups excluding carboxylic acids is 2. The molecule has 0 aliphatic carbocycles. The number of nitrogens with one attached hydrogen (secondary N) is 1. The van der Waals surface area contributed by atoms with Crippen LogP contribution in [0.1, 0.15) is 6.42 Å². The fourth-order valence-electron chi connectivity index (χ4n) is 0.883. The van der Waals surface area contributed by atoms with E-state index in [4.69, 9.17) is 11.6 Å². The molecule has 16 heavy (non-hydrogen) atoms. The number of alkyl halides is 4. The van der Waals surface area contributed by atoms with Gasteiger partial charge in [0.25, 0.3) is 0 Å². The van der Waals surface area contributed by atoms with Gasteiger partial charge in [0, 0.05) is 13.7 Å². The van der Waals surface area contributed by atoms with Crippen LogP contribution in [0, 0.1) is 0 Å². The van der Waals surface area contributed by atoms with E-state index in [2.05, 4.69) is 4.74 Å². The van der Waals surface area contributed by atoms with Crippen LogP contribution in [0.25, 0.3) is 0 Å². The number of hydrogen-bond donors (Lipinski definition) is 1. The van der Waals surface area contributed by atoms with Gasteiger partial charge in [-0.15, -0.1) is 11.6 Å². The average molecular weight is 262 g/mol. The van der Waals surface area contributed by atoms with Gasteiger partial charge in [-0.3, -0.25) is 9.59 Å². The third-order valence-electron chi connectivity index (χ3n) is 1.69. The standard InChI is InChI=1S/C8H11ClF3NO3/c1-16-3-2-5(6(14)4-9)13-7(15)8(10,11)12/h5H,2-4H2,1H3,(H,13,15). The SMILES string of the molecule is COCCC(NC(=O)C(F)(F)F)C(=O)CCl. The monoisotopic (exact) mass is 261 g/mol. The van der Waals surface area contributed by atoms with Gasteiger partial charge < -0.3 is 10.1 Å². The number of ether oxygens (including phenoxy) is 1. The molecule has 1 atom stereocenters. The summed E-state index contributed by atoms with van der Waals surface area (Å²) in [6.45, 7) is 0.0471. The summed E-state index contributed by atoms with van der Waals surface area (Å²) < 4.78 is 40.3. The highest BCUT2D eigenvalue weighted by atomic mass is 35.5. The summed E-state index contributed by atoms with van der Waals surface area (Å²) in [5, 5.41) is 1.56. The van der Waals surface area contributed by atoms with E-state index in [0.29, 0.717) is 0 Å². The summed E-state index contributed by atoms with van der Waals surface area (Å²) in [7, 11) is 1.33. The molecule has 0 aromatic rings. The number of Topliss-reactive ketones (excluding diaryl/α,β-unsaturated/α-hetero) is 1. The minimum atomic E-state index is -5.02. The smallest absolute Gasteiger partial charge is 0.385 e. The van der Waals surface area contributed by atoms with Gasteiger partial charge in [0.05, 0.1) is 11.9 Å². The van der Waals surface area contributed by atoms with E-state index in [1.54, 1.807) is 5.32 Å². The van der Waals surface area contributed by atoms with Crippen molar-refractivity contribution < 1.29 is 27.5 Å². The molecule has 0 bridgehead atoms. The maximum atomic E-state index is 11.9. The molecule has 0 aliphatic heterocycles. The Morgan fingerprint density at radius 3 is 2.38 bits per heavy atom. The number of methoxy groups -OCH3 is 1. The van der Waals surface area contributed by atoms with Crippen LogP contribution in [0.3, 0.4) is 0 Å². The normalized spacial score (nSPS) is 13.3. The maximum Gasteiger partial charge on any atom is 0.471 e. The van der Waals surface area contributed by atoms with E-state index in [-0.39, 0.29) is 13.0 Å². The second-order valence-corrected chi connectivity index (χ2v) is 3.17. The number of rotatable bonds is 6. The number of ketones is 1. The Balaban J connectivity index is 4.42. The molecule has 4 nitrogen and oxygen atoms in total. The van der Waals surface area contributed by atoms with E-state index >= 15 is 0 Å². The van der Waals surface area contributed by atoms with Crippen molar-refractivity contribution in [2.75, 3.05) is 19.6 Å². The highest BCUT2D eigenvalue weighted by Gasteiger charge is 2.40. The summed E-state index contributed by atoms with van der Waals surface area (Å²) in [5.41, 5.74) is 0. The first-order chi connectivity index (χ1) is 7.32. The Morgan fingerprint density at radius 2 is 2.00 bits per heavy atom. The molecule has 0 heterocycles. The molecule has 94 valence electrons. The molecular formula is C8H11ClF3NO3. The van der Waals surface area contributed by atoms with E-state index in [1.807, 2.05) is 0 Å². The summed E-state index contributed by atoms with van der Waals surface area (Å²) in [5.74, 6) is -3.31. The van der Waals surface area contributed by atoms with E-state index in [0.717, 1.165) is 0 Å². The van der Waals surface area contributed by atoms with Crippen LogP contribution in [-0.4, -0.2) is 43.5 Å². The van der Waals surface area contributed by atoms with Crippen LogP contribution in [0.4, 0.5) is 13.2 Å².